The SMILES string of the molecule is Cc1nn(Cc2ccccc2)c(C)c1-c1ccc(N)cc1. The molecule has 0 saturated heterocycles. The van der Waals surface area contributed by atoms with Crippen molar-refractivity contribution >= 4 is 5.69 Å². The maximum absolute atomic E-state index is 5.77. The second-order valence-electron chi connectivity index (χ2n) is 5.31. The molecule has 0 spiro atoms. The number of rotatable bonds is 3. The van der Waals surface area contributed by atoms with Gasteiger partial charge in [-0.25, -0.2) is 0 Å². The zero-order valence-electron chi connectivity index (χ0n) is 12.4. The predicted octanol–water partition coefficient (Wildman–Crippen LogP) is 3.80. The molecule has 1 aromatic heterocycles. The summed E-state index contributed by atoms with van der Waals surface area (Å²) in [5, 5.41) is 4.69. The van der Waals surface area contributed by atoms with E-state index in [4.69, 9.17) is 5.73 Å². The molecule has 3 heteroatoms. The van der Waals surface area contributed by atoms with Crippen LogP contribution < -0.4 is 5.73 Å². The Morgan fingerprint density at radius 1 is 0.952 bits per heavy atom. The van der Waals surface area contributed by atoms with Gasteiger partial charge in [-0.1, -0.05) is 42.5 Å². The highest BCUT2D eigenvalue weighted by Gasteiger charge is 2.13. The van der Waals surface area contributed by atoms with Crippen LogP contribution in [-0.4, -0.2) is 9.78 Å². The van der Waals surface area contributed by atoms with E-state index in [0.717, 1.165) is 17.9 Å². The highest BCUT2D eigenvalue weighted by Crippen LogP contribution is 2.27. The first-order valence-corrected chi connectivity index (χ1v) is 7.09. The first-order chi connectivity index (χ1) is 10.1. The zero-order valence-corrected chi connectivity index (χ0v) is 12.4. The monoisotopic (exact) mass is 277 g/mol. The van der Waals surface area contributed by atoms with E-state index in [0.29, 0.717) is 0 Å². The molecule has 2 N–H and O–H groups in total. The number of anilines is 1. The largest absolute Gasteiger partial charge is 0.399 e. The van der Waals surface area contributed by atoms with Crippen LogP contribution in [0.5, 0.6) is 0 Å². The molecule has 0 aliphatic carbocycles. The minimum atomic E-state index is 0.783. The molecule has 3 nitrogen and oxygen atoms in total. The van der Waals surface area contributed by atoms with Crippen LogP contribution in [-0.2, 0) is 6.54 Å². The standard InChI is InChI=1S/C18H19N3/c1-13-18(16-8-10-17(19)11-9-16)14(2)21(20-13)12-15-6-4-3-5-7-15/h3-11H,12,19H2,1-2H3. The molecule has 0 aliphatic rings. The van der Waals surface area contributed by atoms with Crippen LogP contribution in [0.4, 0.5) is 5.69 Å². The number of aromatic nitrogens is 2. The molecular formula is C18H19N3. The first kappa shape index (κ1) is 13.4. The Hall–Kier alpha value is -2.55. The smallest absolute Gasteiger partial charge is 0.0675 e. The van der Waals surface area contributed by atoms with E-state index in [-0.39, 0.29) is 0 Å². The third-order valence-electron chi connectivity index (χ3n) is 3.76. The Bertz CT molecular complexity index is 740. The topological polar surface area (TPSA) is 43.8 Å². The van der Waals surface area contributed by atoms with Gasteiger partial charge in [-0.2, -0.15) is 5.10 Å². The van der Waals surface area contributed by atoms with Crippen molar-refractivity contribution in [2.75, 3.05) is 5.73 Å². The predicted molar refractivity (Wildman–Crippen MR) is 87.1 cm³/mol. The van der Waals surface area contributed by atoms with Crippen molar-refractivity contribution in [3.8, 4) is 11.1 Å². The summed E-state index contributed by atoms with van der Waals surface area (Å²) in [6, 6.07) is 18.4. The van der Waals surface area contributed by atoms with Gasteiger partial charge in [0.2, 0.25) is 0 Å². The quantitative estimate of drug-likeness (QED) is 0.740. The van der Waals surface area contributed by atoms with Gasteiger partial charge in [0.25, 0.3) is 0 Å². The lowest BCUT2D eigenvalue weighted by Gasteiger charge is -2.06. The summed E-state index contributed by atoms with van der Waals surface area (Å²) in [7, 11) is 0. The van der Waals surface area contributed by atoms with E-state index < -0.39 is 0 Å². The zero-order chi connectivity index (χ0) is 14.8. The third kappa shape index (κ3) is 2.68. The van der Waals surface area contributed by atoms with Crippen LogP contribution in [0.25, 0.3) is 11.1 Å². The molecule has 2 aromatic carbocycles. The van der Waals surface area contributed by atoms with Crippen LogP contribution in [0, 0.1) is 13.8 Å². The minimum Gasteiger partial charge on any atom is -0.399 e. The van der Waals surface area contributed by atoms with Gasteiger partial charge in [-0.05, 0) is 37.1 Å². The Balaban J connectivity index is 1.98. The molecule has 21 heavy (non-hydrogen) atoms. The van der Waals surface area contributed by atoms with Crippen molar-refractivity contribution in [3.63, 3.8) is 0 Å². The third-order valence-corrected chi connectivity index (χ3v) is 3.76. The summed E-state index contributed by atoms with van der Waals surface area (Å²) >= 11 is 0. The summed E-state index contributed by atoms with van der Waals surface area (Å²) in [6.45, 7) is 4.97. The number of hydrogen-bond donors (Lipinski definition) is 1. The van der Waals surface area contributed by atoms with Gasteiger partial charge in [-0.15, -0.1) is 0 Å². The number of hydrogen-bond acceptors (Lipinski definition) is 2. The van der Waals surface area contributed by atoms with Gasteiger partial charge in [-0.3, -0.25) is 4.68 Å². The van der Waals surface area contributed by atoms with Gasteiger partial charge in [0.15, 0.2) is 0 Å². The van der Waals surface area contributed by atoms with Crippen LogP contribution in [0.2, 0.25) is 0 Å². The lowest BCUT2D eigenvalue weighted by Crippen LogP contribution is -2.03. The highest BCUT2D eigenvalue weighted by atomic mass is 15.3. The van der Waals surface area contributed by atoms with Crippen LogP contribution in [0.15, 0.2) is 54.6 Å². The minimum absolute atomic E-state index is 0.783. The summed E-state index contributed by atoms with van der Waals surface area (Å²) in [4.78, 5) is 0. The molecule has 3 rings (SSSR count). The fraction of sp³-hybridized carbons (Fsp3) is 0.167. The second-order valence-corrected chi connectivity index (χ2v) is 5.31. The van der Waals surface area contributed by atoms with E-state index in [9.17, 15) is 0 Å². The Morgan fingerprint density at radius 3 is 2.29 bits per heavy atom. The van der Waals surface area contributed by atoms with E-state index in [2.05, 4.69) is 60.0 Å². The molecule has 0 aliphatic heterocycles. The fourth-order valence-corrected chi connectivity index (χ4v) is 2.67. The van der Waals surface area contributed by atoms with E-state index in [1.54, 1.807) is 0 Å². The van der Waals surface area contributed by atoms with Crippen molar-refractivity contribution < 1.29 is 0 Å². The van der Waals surface area contributed by atoms with Crippen LogP contribution >= 0.6 is 0 Å². The Kier molecular flexibility index (Phi) is 3.48. The fourth-order valence-electron chi connectivity index (χ4n) is 2.67. The number of aryl methyl sites for hydroxylation is 1. The number of nitrogen functional groups attached to an aromatic ring is 1. The highest BCUT2D eigenvalue weighted by molar-refractivity contribution is 5.70. The molecule has 0 fully saturated rings. The van der Waals surface area contributed by atoms with Crippen molar-refractivity contribution in [2.24, 2.45) is 0 Å². The number of benzene rings is 2. The molecule has 0 amide bonds. The molecular weight excluding hydrogens is 258 g/mol. The maximum atomic E-state index is 5.77. The number of nitrogens with zero attached hydrogens (tertiary/aromatic N) is 2. The summed E-state index contributed by atoms with van der Waals surface area (Å²) < 4.78 is 2.07. The summed E-state index contributed by atoms with van der Waals surface area (Å²) in [6.07, 6.45) is 0. The molecule has 106 valence electrons. The van der Waals surface area contributed by atoms with Crippen molar-refractivity contribution in [1.29, 1.82) is 0 Å². The maximum Gasteiger partial charge on any atom is 0.0675 e. The van der Waals surface area contributed by atoms with E-state index in [1.165, 1.54) is 22.4 Å². The van der Waals surface area contributed by atoms with Crippen molar-refractivity contribution in [1.82, 2.24) is 9.78 Å². The first-order valence-electron chi connectivity index (χ1n) is 7.09. The summed E-state index contributed by atoms with van der Waals surface area (Å²) in [5.41, 5.74) is 12.4. The average Bonchev–Trinajstić information content (AvgIpc) is 2.76. The number of nitrogens with two attached hydrogens (primary N) is 1. The lowest BCUT2D eigenvalue weighted by molar-refractivity contribution is 0.659. The normalized spacial score (nSPS) is 10.8. The van der Waals surface area contributed by atoms with Gasteiger partial charge in [0.1, 0.15) is 0 Å². The molecule has 0 radical (unpaired) electrons. The lowest BCUT2D eigenvalue weighted by atomic mass is 10.0. The van der Waals surface area contributed by atoms with Crippen LogP contribution in [0.1, 0.15) is 17.0 Å². The van der Waals surface area contributed by atoms with Gasteiger partial charge in [0.05, 0.1) is 12.2 Å². The molecule has 0 unspecified atom stereocenters. The summed E-state index contributed by atoms with van der Waals surface area (Å²) in [5.74, 6) is 0. The van der Waals surface area contributed by atoms with Gasteiger partial charge in [0, 0.05) is 16.9 Å². The van der Waals surface area contributed by atoms with Crippen molar-refractivity contribution in [3.05, 3.63) is 71.5 Å². The van der Waals surface area contributed by atoms with Crippen molar-refractivity contribution in [2.45, 2.75) is 20.4 Å². The van der Waals surface area contributed by atoms with E-state index >= 15 is 0 Å². The molecule has 1 heterocycles. The van der Waals surface area contributed by atoms with Gasteiger partial charge < -0.3 is 5.73 Å². The Morgan fingerprint density at radius 2 is 1.62 bits per heavy atom. The van der Waals surface area contributed by atoms with Gasteiger partial charge >= 0.3 is 0 Å². The second kappa shape index (κ2) is 5.44. The molecule has 0 bridgehead atoms. The molecule has 0 atom stereocenters. The molecule has 0 saturated carbocycles. The van der Waals surface area contributed by atoms with E-state index in [1.807, 2.05) is 18.2 Å². The Labute approximate surface area is 125 Å². The molecule has 3 aromatic rings. The average molecular weight is 277 g/mol. The van der Waals surface area contributed by atoms with Crippen LogP contribution in [0.3, 0.4) is 0 Å².